The molecular formula is C13H15NO4S2. The molecule has 1 unspecified atom stereocenters. The third kappa shape index (κ3) is 4.07. The van der Waals surface area contributed by atoms with Gasteiger partial charge in [0.15, 0.2) is 9.84 Å². The van der Waals surface area contributed by atoms with Crippen molar-refractivity contribution in [3.05, 3.63) is 21.9 Å². The van der Waals surface area contributed by atoms with Crippen LogP contribution < -0.4 is 5.32 Å². The van der Waals surface area contributed by atoms with Crippen LogP contribution in [0.1, 0.15) is 16.2 Å². The summed E-state index contributed by atoms with van der Waals surface area (Å²) in [4.78, 5) is 13.6. The first-order valence-corrected chi connectivity index (χ1v) is 8.80. The van der Waals surface area contributed by atoms with E-state index in [-0.39, 0.29) is 24.0 Å². The molecule has 1 aliphatic heterocycles. The molecule has 1 aromatic heterocycles. The average molecular weight is 313 g/mol. The smallest absolute Gasteiger partial charge is 0.224 e. The van der Waals surface area contributed by atoms with E-state index in [4.69, 9.17) is 5.11 Å². The van der Waals surface area contributed by atoms with Crippen molar-refractivity contribution in [1.29, 1.82) is 0 Å². The number of carbonyl (C=O) groups is 1. The third-order valence-electron chi connectivity index (χ3n) is 2.99. The minimum Gasteiger partial charge on any atom is -0.384 e. The lowest BCUT2D eigenvalue weighted by Gasteiger charge is -2.07. The van der Waals surface area contributed by atoms with Crippen molar-refractivity contribution in [1.82, 2.24) is 5.32 Å². The summed E-state index contributed by atoms with van der Waals surface area (Å²) >= 11 is 1.44. The van der Waals surface area contributed by atoms with E-state index in [2.05, 4.69) is 17.2 Å². The van der Waals surface area contributed by atoms with Crippen LogP contribution in [-0.2, 0) is 21.2 Å². The molecule has 1 saturated heterocycles. The Morgan fingerprint density at radius 1 is 1.50 bits per heavy atom. The van der Waals surface area contributed by atoms with Gasteiger partial charge in [-0.1, -0.05) is 11.8 Å². The quantitative estimate of drug-likeness (QED) is 0.778. The lowest BCUT2D eigenvalue weighted by atomic mass is 10.1. The predicted octanol–water partition coefficient (Wildman–Crippen LogP) is 0.143. The Labute approximate surface area is 121 Å². The largest absolute Gasteiger partial charge is 0.384 e. The van der Waals surface area contributed by atoms with Gasteiger partial charge in [-0.3, -0.25) is 4.79 Å². The van der Waals surface area contributed by atoms with Gasteiger partial charge in [-0.2, -0.15) is 0 Å². The SMILES string of the molecule is O=C(NCc1ccc(C#CCO)s1)C1CCS(=O)(=O)C1. The van der Waals surface area contributed by atoms with Crippen LogP contribution in [0.4, 0.5) is 0 Å². The van der Waals surface area contributed by atoms with Crippen LogP contribution >= 0.6 is 11.3 Å². The molecule has 5 nitrogen and oxygen atoms in total. The fourth-order valence-electron chi connectivity index (χ4n) is 1.99. The highest BCUT2D eigenvalue weighted by Crippen LogP contribution is 2.19. The number of rotatable bonds is 3. The molecule has 1 atom stereocenters. The van der Waals surface area contributed by atoms with Crippen molar-refractivity contribution in [2.45, 2.75) is 13.0 Å². The average Bonchev–Trinajstić information content (AvgIpc) is 3.00. The van der Waals surface area contributed by atoms with Crippen LogP contribution in [0.15, 0.2) is 12.1 Å². The lowest BCUT2D eigenvalue weighted by molar-refractivity contribution is -0.124. The van der Waals surface area contributed by atoms with Gasteiger partial charge in [0.05, 0.1) is 28.8 Å². The van der Waals surface area contributed by atoms with E-state index in [1.165, 1.54) is 11.3 Å². The molecule has 2 N–H and O–H groups in total. The molecule has 20 heavy (non-hydrogen) atoms. The van der Waals surface area contributed by atoms with Gasteiger partial charge in [0, 0.05) is 4.88 Å². The van der Waals surface area contributed by atoms with Crippen molar-refractivity contribution in [2.75, 3.05) is 18.1 Å². The number of aliphatic hydroxyl groups is 1. The fourth-order valence-corrected chi connectivity index (χ4v) is 4.55. The van der Waals surface area contributed by atoms with Crippen molar-refractivity contribution in [3.8, 4) is 11.8 Å². The first kappa shape index (κ1) is 15.0. The number of sulfone groups is 1. The highest BCUT2D eigenvalue weighted by molar-refractivity contribution is 7.91. The van der Waals surface area contributed by atoms with Gasteiger partial charge in [-0.15, -0.1) is 11.3 Å². The Hall–Kier alpha value is -1.36. The molecule has 1 aromatic rings. The maximum absolute atomic E-state index is 11.9. The number of nitrogens with one attached hydrogen (secondary N) is 1. The normalized spacial score (nSPS) is 20.1. The highest BCUT2D eigenvalue weighted by Gasteiger charge is 2.32. The standard InChI is InChI=1S/C13H15NO4S2/c15-6-1-2-11-3-4-12(19-11)8-14-13(16)10-5-7-20(17,18)9-10/h3-4,10,15H,5-9H2,(H,14,16). The van der Waals surface area contributed by atoms with Crippen molar-refractivity contribution >= 4 is 27.1 Å². The Kier molecular flexibility index (Phi) is 4.81. The minimum absolute atomic E-state index is 0.0451. The Morgan fingerprint density at radius 2 is 2.30 bits per heavy atom. The summed E-state index contributed by atoms with van der Waals surface area (Å²) in [5.41, 5.74) is 0. The van der Waals surface area contributed by atoms with Gasteiger partial charge in [0.25, 0.3) is 0 Å². The van der Waals surface area contributed by atoms with Crippen molar-refractivity contribution in [2.24, 2.45) is 5.92 Å². The second-order valence-electron chi connectivity index (χ2n) is 4.54. The van der Waals surface area contributed by atoms with E-state index in [0.717, 1.165) is 9.75 Å². The van der Waals surface area contributed by atoms with Crippen LogP contribution in [0.25, 0.3) is 0 Å². The topological polar surface area (TPSA) is 83.5 Å². The summed E-state index contributed by atoms with van der Waals surface area (Å²) in [5, 5.41) is 11.4. The number of thiophene rings is 1. The molecule has 108 valence electrons. The molecule has 7 heteroatoms. The molecule has 0 spiro atoms. The molecule has 1 amide bonds. The zero-order valence-electron chi connectivity index (χ0n) is 10.8. The second-order valence-corrected chi connectivity index (χ2v) is 7.94. The van der Waals surface area contributed by atoms with Crippen LogP contribution in [0.2, 0.25) is 0 Å². The Bertz CT molecular complexity index is 651. The highest BCUT2D eigenvalue weighted by atomic mass is 32.2. The monoisotopic (exact) mass is 313 g/mol. The molecule has 2 heterocycles. The maximum Gasteiger partial charge on any atom is 0.224 e. The van der Waals surface area contributed by atoms with E-state index in [0.29, 0.717) is 13.0 Å². The van der Waals surface area contributed by atoms with E-state index < -0.39 is 15.8 Å². The predicted molar refractivity (Wildman–Crippen MR) is 76.9 cm³/mol. The van der Waals surface area contributed by atoms with Crippen molar-refractivity contribution in [3.63, 3.8) is 0 Å². The molecule has 0 radical (unpaired) electrons. The van der Waals surface area contributed by atoms with Gasteiger partial charge < -0.3 is 10.4 Å². The summed E-state index contributed by atoms with van der Waals surface area (Å²) in [7, 11) is -3.03. The molecular weight excluding hydrogens is 298 g/mol. The first-order valence-electron chi connectivity index (χ1n) is 6.17. The summed E-state index contributed by atoms with van der Waals surface area (Å²) in [6.07, 6.45) is 0.409. The number of hydrogen-bond donors (Lipinski definition) is 2. The minimum atomic E-state index is -3.03. The number of aliphatic hydroxyl groups excluding tert-OH is 1. The molecule has 0 saturated carbocycles. The zero-order chi connectivity index (χ0) is 14.6. The molecule has 0 aromatic carbocycles. The van der Waals surface area contributed by atoms with E-state index in [1.807, 2.05) is 12.1 Å². The van der Waals surface area contributed by atoms with Crippen LogP contribution in [0.5, 0.6) is 0 Å². The Balaban J connectivity index is 1.86. The van der Waals surface area contributed by atoms with E-state index >= 15 is 0 Å². The Morgan fingerprint density at radius 3 is 2.95 bits per heavy atom. The second kappa shape index (κ2) is 6.39. The van der Waals surface area contributed by atoms with Crippen LogP contribution in [0, 0.1) is 17.8 Å². The molecule has 0 aliphatic carbocycles. The summed E-state index contributed by atoms with van der Waals surface area (Å²) in [6.45, 7) is 0.195. The molecule has 1 aliphatic rings. The maximum atomic E-state index is 11.9. The third-order valence-corrected chi connectivity index (χ3v) is 5.76. The summed E-state index contributed by atoms with van der Waals surface area (Å²) < 4.78 is 22.6. The number of carbonyl (C=O) groups excluding carboxylic acids is 1. The lowest BCUT2D eigenvalue weighted by Crippen LogP contribution is -2.30. The van der Waals surface area contributed by atoms with Crippen molar-refractivity contribution < 1.29 is 18.3 Å². The van der Waals surface area contributed by atoms with Gasteiger partial charge in [0.2, 0.25) is 5.91 Å². The fraction of sp³-hybridized carbons (Fsp3) is 0.462. The van der Waals surface area contributed by atoms with Crippen LogP contribution in [-0.4, -0.2) is 37.5 Å². The van der Waals surface area contributed by atoms with Gasteiger partial charge in [-0.25, -0.2) is 8.42 Å². The number of hydrogen-bond acceptors (Lipinski definition) is 5. The first-order chi connectivity index (χ1) is 9.50. The zero-order valence-corrected chi connectivity index (χ0v) is 12.4. The molecule has 0 bridgehead atoms. The van der Waals surface area contributed by atoms with Gasteiger partial charge in [-0.05, 0) is 18.6 Å². The van der Waals surface area contributed by atoms with Gasteiger partial charge >= 0.3 is 0 Å². The molecule has 1 fully saturated rings. The molecule has 2 rings (SSSR count). The van der Waals surface area contributed by atoms with E-state index in [1.54, 1.807) is 0 Å². The number of amides is 1. The van der Waals surface area contributed by atoms with Crippen LogP contribution in [0.3, 0.4) is 0 Å². The summed E-state index contributed by atoms with van der Waals surface area (Å²) in [5.74, 6) is 4.78. The van der Waals surface area contributed by atoms with Gasteiger partial charge in [0.1, 0.15) is 6.61 Å². The van der Waals surface area contributed by atoms with E-state index in [9.17, 15) is 13.2 Å². The summed E-state index contributed by atoms with van der Waals surface area (Å²) in [6, 6.07) is 3.69.